The summed E-state index contributed by atoms with van der Waals surface area (Å²) in [5, 5.41) is 12.4. The van der Waals surface area contributed by atoms with E-state index in [4.69, 9.17) is 9.84 Å². The SMILES string of the molecule is Oc1ccc(CNCCOC2CCCCC2)nc1. The van der Waals surface area contributed by atoms with Gasteiger partial charge in [0.1, 0.15) is 5.75 Å². The highest BCUT2D eigenvalue weighted by molar-refractivity contribution is 5.17. The second-order valence-corrected chi connectivity index (χ2v) is 4.82. The summed E-state index contributed by atoms with van der Waals surface area (Å²) in [6, 6.07) is 3.48. The molecule has 18 heavy (non-hydrogen) atoms. The van der Waals surface area contributed by atoms with Crippen molar-refractivity contribution in [3.8, 4) is 5.75 Å². The Bertz CT molecular complexity index is 334. The number of hydrogen-bond acceptors (Lipinski definition) is 4. The molecule has 0 aliphatic heterocycles. The van der Waals surface area contributed by atoms with Crippen LogP contribution in [0.15, 0.2) is 18.3 Å². The van der Waals surface area contributed by atoms with Gasteiger partial charge >= 0.3 is 0 Å². The van der Waals surface area contributed by atoms with E-state index < -0.39 is 0 Å². The normalized spacial score (nSPS) is 16.9. The zero-order valence-electron chi connectivity index (χ0n) is 10.8. The van der Waals surface area contributed by atoms with Crippen LogP contribution in [0.4, 0.5) is 0 Å². The molecule has 100 valence electrons. The van der Waals surface area contributed by atoms with E-state index in [0.29, 0.717) is 12.6 Å². The first-order chi connectivity index (χ1) is 8.84. The van der Waals surface area contributed by atoms with Crippen molar-refractivity contribution in [1.29, 1.82) is 0 Å². The number of hydrogen-bond donors (Lipinski definition) is 2. The van der Waals surface area contributed by atoms with Crippen molar-refractivity contribution in [1.82, 2.24) is 10.3 Å². The molecular formula is C14H22N2O2. The van der Waals surface area contributed by atoms with E-state index in [0.717, 1.165) is 18.8 Å². The molecule has 2 rings (SSSR count). The zero-order valence-corrected chi connectivity index (χ0v) is 10.8. The van der Waals surface area contributed by atoms with Gasteiger partial charge in [0.25, 0.3) is 0 Å². The fourth-order valence-corrected chi connectivity index (χ4v) is 2.27. The Morgan fingerprint density at radius 2 is 2.11 bits per heavy atom. The minimum Gasteiger partial charge on any atom is -0.506 e. The quantitative estimate of drug-likeness (QED) is 0.760. The van der Waals surface area contributed by atoms with Crippen LogP contribution in [0.1, 0.15) is 37.8 Å². The number of nitrogens with one attached hydrogen (secondary N) is 1. The molecule has 1 aliphatic rings. The van der Waals surface area contributed by atoms with Crippen molar-refractivity contribution in [2.24, 2.45) is 0 Å². The summed E-state index contributed by atoms with van der Waals surface area (Å²) < 4.78 is 5.82. The number of aromatic nitrogens is 1. The molecule has 0 unspecified atom stereocenters. The molecule has 4 heteroatoms. The van der Waals surface area contributed by atoms with Gasteiger partial charge in [-0.25, -0.2) is 0 Å². The van der Waals surface area contributed by atoms with Crippen molar-refractivity contribution >= 4 is 0 Å². The van der Waals surface area contributed by atoms with Crippen molar-refractivity contribution in [2.75, 3.05) is 13.2 Å². The van der Waals surface area contributed by atoms with Crippen LogP contribution in [0.25, 0.3) is 0 Å². The van der Waals surface area contributed by atoms with Gasteiger partial charge in [-0.3, -0.25) is 4.98 Å². The molecule has 0 atom stereocenters. The molecule has 0 amide bonds. The Labute approximate surface area is 108 Å². The van der Waals surface area contributed by atoms with Crippen molar-refractivity contribution in [3.05, 3.63) is 24.0 Å². The van der Waals surface area contributed by atoms with Gasteiger partial charge in [0.05, 0.1) is 24.6 Å². The van der Waals surface area contributed by atoms with Crippen molar-refractivity contribution in [2.45, 2.75) is 44.8 Å². The third kappa shape index (κ3) is 4.63. The fourth-order valence-electron chi connectivity index (χ4n) is 2.27. The predicted molar refractivity (Wildman–Crippen MR) is 70.4 cm³/mol. The lowest BCUT2D eigenvalue weighted by molar-refractivity contribution is 0.0302. The molecule has 0 aromatic carbocycles. The summed E-state index contributed by atoms with van der Waals surface area (Å²) >= 11 is 0. The standard InChI is InChI=1S/C14H22N2O2/c17-13-7-6-12(16-11-13)10-15-8-9-18-14-4-2-1-3-5-14/h6-7,11,14-15,17H,1-5,8-10H2. The van der Waals surface area contributed by atoms with E-state index >= 15 is 0 Å². The number of nitrogens with zero attached hydrogens (tertiary/aromatic N) is 1. The highest BCUT2D eigenvalue weighted by Crippen LogP contribution is 2.19. The predicted octanol–water partition coefficient (Wildman–Crippen LogP) is 2.23. The lowest BCUT2D eigenvalue weighted by atomic mass is 9.98. The van der Waals surface area contributed by atoms with Crippen LogP contribution in [-0.2, 0) is 11.3 Å². The average molecular weight is 250 g/mol. The maximum Gasteiger partial charge on any atom is 0.133 e. The smallest absolute Gasteiger partial charge is 0.133 e. The van der Waals surface area contributed by atoms with Crippen molar-refractivity contribution < 1.29 is 9.84 Å². The van der Waals surface area contributed by atoms with Crippen LogP contribution in [0.5, 0.6) is 5.75 Å². The summed E-state index contributed by atoms with van der Waals surface area (Å²) in [7, 11) is 0. The molecule has 1 heterocycles. The highest BCUT2D eigenvalue weighted by Gasteiger charge is 2.12. The van der Waals surface area contributed by atoms with Crippen LogP contribution >= 0.6 is 0 Å². The molecular weight excluding hydrogens is 228 g/mol. The van der Waals surface area contributed by atoms with E-state index in [1.807, 2.05) is 6.07 Å². The Morgan fingerprint density at radius 3 is 2.83 bits per heavy atom. The number of ether oxygens (including phenoxy) is 1. The molecule has 1 aromatic rings. The van der Waals surface area contributed by atoms with E-state index in [1.165, 1.54) is 38.3 Å². The number of pyridine rings is 1. The van der Waals surface area contributed by atoms with Gasteiger partial charge < -0.3 is 15.2 Å². The monoisotopic (exact) mass is 250 g/mol. The van der Waals surface area contributed by atoms with Gasteiger partial charge in [-0.2, -0.15) is 0 Å². The molecule has 0 spiro atoms. The minimum atomic E-state index is 0.208. The van der Waals surface area contributed by atoms with Crippen LogP contribution in [0.2, 0.25) is 0 Å². The maximum absolute atomic E-state index is 9.11. The number of rotatable bonds is 6. The Kier molecular flexibility index (Phi) is 5.42. The van der Waals surface area contributed by atoms with Crippen molar-refractivity contribution in [3.63, 3.8) is 0 Å². The molecule has 1 saturated carbocycles. The van der Waals surface area contributed by atoms with Crippen LogP contribution < -0.4 is 5.32 Å². The summed E-state index contributed by atoms with van der Waals surface area (Å²) in [5.41, 5.74) is 0.936. The Balaban J connectivity index is 1.54. The molecule has 4 nitrogen and oxygen atoms in total. The highest BCUT2D eigenvalue weighted by atomic mass is 16.5. The van der Waals surface area contributed by atoms with E-state index in [1.54, 1.807) is 6.07 Å². The topological polar surface area (TPSA) is 54.4 Å². The number of aromatic hydroxyl groups is 1. The molecule has 0 bridgehead atoms. The fraction of sp³-hybridized carbons (Fsp3) is 0.643. The van der Waals surface area contributed by atoms with Gasteiger partial charge in [0, 0.05) is 13.1 Å². The summed E-state index contributed by atoms with van der Waals surface area (Å²) in [4.78, 5) is 4.11. The lowest BCUT2D eigenvalue weighted by Gasteiger charge is -2.21. The van der Waals surface area contributed by atoms with Gasteiger partial charge in [-0.05, 0) is 25.0 Å². The van der Waals surface area contributed by atoms with E-state index in [-0.39, 0.29) is 5.75 Å². The van der Waals surface area contributed by atoms with E-state index in [9.17, 15) is 0 Å². The first-order valence-electron chi connectivity index (χ1n) is 6.81. The summed E-state index contributed by atoms with van der Waals surface area (Å²) in [5.74, 6) is 0.208. The maximum atomic E-state index is 9.11. The lowest BCUT2D eigenvalue weighted by Crippen LogP contribution is -2.24. The third-order valence-corrected chi connectivity index (χ3v) is 3.30. The second kappa shape index (κ2) is 7.34. The largest absolute Gasteiger partial charge is 0.506 e. The molecule has 0 radical (unpaired) electrons. The average Bonchev–Trinajstić information content (AvgIpc) is 2.42. The molecule has 1 fully saturated rings. The summed E-state index contributed by atoms with van der Waals surface area (Å²) in [6.07, 6.45) is 8.39. The van der Waals surface area contributed by atoms with Crippen LogP contribution in [-0.4, -0.2) is 29.3 Å². The van der Waals surface area contributed by atoms with Crippen LogP contribution in [0, 0.1) is 0 Å². The second-order valence-electron chi connectivity index (χ2n) is 4.82. The molecule has 1 aliphatic carbocycles. The Morgan fingerprint density at radius 1 is 1.28 bits per heavy atom. The molecule has 2 N–H and O–H groups in total. The third-order valence-electron chi connectivity index (χ3n) is 3.30. The summed E-state index contributed by atoms with van der Waals surface area (Å²) in [6.45, 7) is 2.33. The molecule has 0 saturated heterocycles. The van der Waals surface area contributed by atoms with Crippen LogP contribution in [0.3, 0.4) is 0 Å². The van der Waals surface area contributed by atoms with E-state index in [2.05, 4.69) is 10.3 Å². The Hall–Kier alpha value is -1.13. The molecule has 1 aromatic heterocycles. The first-order valence-corrected chi connectivity index (χ1v) is 6.81. The van der Waals surface area contributed by atoms with Gasteiger partial charge in [-0.15, -0.1) is 0 Å². The first kappa shape index (κ1) is 13.3. The minimum absolute atomic E-state index is 0.208. The van der Waals surface area contributed by atoms with Gasteiger partial charge in [0.15, 0.2) is 0 Å². The van der Waals surface area contributed by atoms with Gasteiger partial charge in [0.2, 0.25) is 0 Å². The van der Waals surface area contributed by atoms with Gasteiger partial charge in [-0.1, -0.05) is 19.3 Å². The zero-order chi connectivity index (χ0) is 12.6.